The first kappa shape index (κ1) is 16.0. The third-order valence-electron chi connectivity index (χ3n) is 4.77. The van der Waals surface area contributed by atoms with E-state index >= 15 is 0 Å². The van der Waals surface area contributed by atoms with Gasteiger partial charge in [0.2, 0.25) is 0 Å². The number of urea groups is 1. The molecule has 1 aromatic carbocycles. The predicted molar refractivity (Wildman–Crippen MR) is 78.1 cm³/mol. The van der Waals surface area contributed by atoms with E-state index in [4.69, 9.17) is 5.73 Å². The van der Waals surface area contributed by atoms with Gasteiger partial charge in [-0.05, 0) is 55.4 Å². The van der Waals surface area contributed by atoms with E-state index in [1.54, 1.807) is 11.0 Å². The number of primary amides is 1. The molecule has 1 aliphatic heterocycles. The van der Waals surface area contributed by atoms with Gasteiger partial charge in [0.05, 0.1) is 0 Å². The lowest BCUT2D eigenvalue weighted by molar-refractivity contribution is -0.274. The quantitative estimate of drug-likeness (QED) is 0.902. The highest BCUT2D eigenvalue weighted by Gasteiger charge is 2.37. The van der Waals surface area contributed by atoms with Gasteiger partial charge in [-0.1, -0.05) is 6.07 Å². The number of hydrogen-bond donors (Lipinski definition) is 1. The number of benzene rings is 1. The van der Waals surface area contributed by atoms with E-state index in [9.17, 15) is 18.0 Å². The third-order valence-corrected chi connectivity index (χ3v) is 4.77. The first-order chi connectivity index (χ1) is 10.8. The fourth-order valence-electron chi connectivity index (χ4n) is 3.86. The van der Waals surface area contributed by atoms with Gasteiger partial charge in [-0.15, -0.1) is 13.2 Å². The van der Waals surface area contributed by atoms with Crippen LogP contribution in [0.1, 0.15) is 42.7 Å². The topological polar surface area (TPSA) is 55.6 Å². The van der Waals surface area contributed by atoms with Gasteiger partial charge in [0.15, 0.2) is 0 Å². The monoisotopic (exact) mass is 328 g/mol. The SMILES string of the molecule is NC(=O)N1CCCCC1C1CCc2ccc(OC(F)(F)F)cc21. The Bertz CT molecular complexity index is 603. The molecule has 0 radical (unpaired) electrons. The molecular weight excluding hydrogens is 309 g/mol. The number of amides is 2. The molecule has 1 saturated heterocycles. The zero-order valence-electron chi connectivity index (χ0n) is 12.6. The molecule has 23 heavy (non-hydrogen) atoms. The van der Waals surface area contributed by atoms with Crippen LogP contribution in [-0.2, 0) is 6.42 Å². The number of carbonyl (C=O) groups excluding carboxylic acids is 1. The second-order valence-electron chi connectivity index (χ2n) is 6.15. The van der Waals surface area contributed by atoms with Crippen molar-refractivity contribution in [3.63, 3.8) is 0 Å². The third kappa shape index (κ3) is 3.38. The van der Waals surface area contributed by atoms with Crippen molar-refractivity contribution in [2.75, 3.05) is 6.54 Å². The molecule has 0 spiro atoms. The smallest absolute Gasteiger partial charge is 0.406 e. The van der Waals surface area contributed by atoms with E-state index in [1.165, 1.54) is 12.1 Å². The van der Waals surface area contributed by atoms with Crippen LogP contribution in [-0.4, -0.2) is 29.9 Å². The summed E-state index contributed by atoms with van der Waals surface area (Å²) in [6.45, 7) is 0.616. The van der Waals surface area contributed by atoms with Crippen LogP contribution in [0.3, 0.4) is 0 Å². The zero-order valence-corrected chi connectivity index (χ0v) is 12.6. The largest absolute Gasteiger partial charge is 0.573 e. The summed E-state index contributed by atoms with van der Waals surface area (Å²) >= 11 is 0. The summed E-state index contributed by atoms with van der Waals surface area (Å²) in [5.41, 5.74) is 7.35. The van der Waals surface area contributed by atoms with E-state index in [-0.39, 0.29) is 17.7 Å². The Morgan fingerprint density at radius 1 is 1.26 bits per heavy atom. The number of fused-ring (bicyclic) bond motifs is 1. The molecule has 0 bridgehead atoms. The molecule has 1 aromatic rings. The number of aryl methyl sites for hydroxylation is 1. The number of likely N-dealkylation sites (tertiary alicyclic amines) is 1. The Morgan fingerprint density at radius 2 is 2.04 bits per heavy atom. The maximum Gasteiger partial charge on any atom is 0.573 e. The minimum absolute atomic E-state index is 0.0228. The molecule has 2 N–H and O–H groups in total. The van der Waals surface area contributed by atoms with Crippen LogP contribution in [0.15, 0.2) is 18.2 Å². The minimum atomic E-state index is -4.70. The Kier molecular flexibility index (Phi) is 4.12. The van der Waals surface area contributed by atoms with Crippen molar-refractivity contribution in [2.24, 2.45) is 5.73 Å². The van der Waals surface area contributed by atoms with E-state index < -0.39 is 12.4 Å². The molecule has 7 heteroatoms. The highest BCUT2D eigenvalue weighted by atomic mass is 19.4. The number of carbonyl (C=O) groups is 1. The van der Waals surface area contributed by atoms with E-state index in [0.29, 0.717) is 6.54 Å². The van der Waals surface area contributed by atoms with E-state index in [1.807, 2.05) is 0 Å². The first-order valence-electron chi connectivity index (χ1n) is 7.80. The van der Waals surface area contributed by atoms with Gasteiger partial charge in [0.25, 0.3) is 0 Å². The van der Waals surface area contributed by atoms with Crippen molar-refractivity contribution < 1.29 is 22.7 Å². The highest BCUT2D eigenvalue weighted by Crippen LogP contribution is 2.42. The lowest BCUT2D eigenvalue weighted by Crippen LogP contribution is -2.48. The molecule has 2 atom stereocenters. The zero-order chi connectivity index (χ0) is 16.6. The molecule has 3 rings (SSSR count). The summed E-state index contributed by atoms with van der Waals surface area (Å²) < 4.78 is 41.3. The number of halogens is 3. The van der Waals surface area contributed by atoms with Gasteiger partial charge in [0, 0.05) is 18.5 Å². The van der Waals surface area contributed by atoms with Crippen LogP contribution in [0.4, 0.5) is 18.0 Å². The van der Waals surface area contributed by atoms with Crippen molar-refractivity contribution in [3.8, 4) is 5.75 Å². The molecule has 2 unspecified atom stereocenters. The van der Waals surface area contributed by atoms with Crippen LogP contribution in [0.2, 0.25) is 0 Å². The first-order valence-corrected chi connectivity index (χ1v) is 7.80. The summed E-state index contributed by atoms with van der Waals surface area (Å²) in [4.78, 5) is 13.3. The van der Waals surface area contributed by atoms with Crippen LogP contribution in [0.25, 0.3) is 0 Å². The Hall–Kier alpha value is -1.92. The van der Waals surface area contributed by atoms with Crippen molar-refractivity contribution in [1.82, 2.24) is 4.90 Å². The van der Waals surface area contributed by atoms with Gasteiger partial charge in [-0.2, -0.15) is 0 Å². The second-order valence-corrected chi connectivity index (χ2v) is 6.15. The highest BCUT2D eigenvalue weighted by molar-refractivity contribution is 5.72. The predicted octanol–water partition coefficient (Wildman–Crippen LogP) is 3.55. The van der Waals surface area contributed by atoms with Crippen molar-refractivity contribution >= 4 is 6.03 Å². The maximum atomic E-state index is 12.4. The molecule has 4 nitrogen and oxygen atoms in total. The molecule has 1 fully saturated rings. The number of rotatable bonds is 2. The molecule has 0 aromatic heterocycles. The van der Waals surface area contributed by atoms with Crippen molar-refractivity contribution in [1.29, 1.82) is 0 Å². The molecule has 1 aliphatic carbocycles. The van der Waals surface area contributed by atoms with E-state index in [2.05, 4.69) is 4.74 Å². The summed E-state index contributed by atoms with van der Waals surface area (Å²) in [6.07, 6.45) is -0.340. The van der Waals surface area contributed by atoms with Crippen LogP contribution >= 0.6 is 0 Å². The molecule has 126 valence electrons. The second kappa shape index (κ2) is 5.94. The van der Waals surface area contributed by atoms with Gasteiger partial charge in [-0.3, -0.25) is 0 Å². The van der Waals surface area contributed by atoms with Crippen LogP contribution in [0.5, 0.6) is 5.75 Å². The average Bonchev–Trinajstić information content (AvgIpc) is 2.88. The number of alkyl halides is 3. The Morgan fingerprint density at radius 3 is 2.74 bits per heavy atom. The summed E-state index contributed by atoms with van der Waals surface area (Å²) in [5, 5.41) is 0. The van der Waals surface area contributed by atoms with Crippen LogP contribution in [0, 0.1) is 0 Å². The molecule has 0 saturated carbocycles. The number of ether oxygens (including phenoxy) is 1. The standard InChI is InChI=1S/C16H19F3N2O2/c17-16(18,19)23-11-6-4-10-5-7-12(13(10)9-11)14-3-1-2-8-21(14)15(20)22/h4,6,9,12,14H,1-3,5,7-8H2,(H2,20,22). The lowest BCUT2D eigenvalue weighted by atomic mass is 9.86. The van der Waals surface area contributed by atoms with Crippen molar-refractivity contribution in [2.45, 2.75) is 50.4 Å². The van der Waals surface area contributed by atoms with Gasteiger partial charge in [-0.25, -0.2) is 4.79 Å². The number of nitrogens with two attached hydrogens (primary N) is 1. The Balaban J connectivity index is 1.87. The van der Waals surface area contributed by atoms with Gasteiger partial charge < -0.3 is 15.4 Å². The molecule has 1 heterocycles. The number of hydrogen-bond acceptors (Lipinski definition) is 2. The maximum absolute atomic E-state index is 12.4. The fraction of sp³-hybridized carbons (Fsp3) is 0.562. The normalized spacial score (nSPS) is 24.4. The molecule has 2 aliphatic rings. The van der Waals surface area contributed by atoms with Crippen LogP contribution < -0.4 is 10.5 Å². The number of nitrogens with zero attached hydrogens (tertiary/aromatic N) is 1. The molecule has 2 amide bonds. The lowest BCUT2D eigenvalue weighted by Gasteiger charge is -2.38. The Labute approximate surface area is 132 Å². The summed E-state index contributed by atoms with van der Waals surface area (Å²) in [7, 11) is 0. The minimum Gasteiger partial charge on any atom is -0.406 e. The average molecular weight is 328 g/mol. The molecular formula is C16H19F3N2O2. The van der Waals surface area contributed by atoms with Gasteiger partial charge >= 0.3 is 12.4 Å². The van der Waals surface area contributed by atoms with Gasteiger partial charge in [0.1, 0.15) is 5.75 Å². The van der Waals surface area contributed by atoms with Crippen molar-refractivity contribution in [3.05, 3.63) is 29.3 Å². The summed E-state index contributed by atoms with van der Waals surface area (Å²) in [6, 6.07) is 4.01. The summed E-state index contributed by atoms with van der Waals surface area (Å²) in [5.74, 6) is -0.181. The number of piperidine rings is 1. The van der Waals surface area contributed by atoms with E-state index in [0.717, 1.165) is 43.2 Å². The fourth-order valence-corrected chi connectivity index (χ4v) is 3.86.